The Bertz CT molecular complexity index is 770. The van der Waals surface area contributed by atoms with E-state index in [0.29, 0.717) is 5.41 Å². The summed E-state index contributed by atoms with van der Waals surface area (Å²) in [4.78, 5) is 4.69. The molecule has 2 aromatic rings. The van der Waals surface area contributed by atoms with E-state index in [-0.39, 0.29) is 0 Å². The van der Waals surface area contributed by atoms with Gasteiger partial charge in [-0.15, -0.1) is 0 Å². The lowest BCUT2D eigenvalue weighted by Crippen LogP contribution is -2.48. The van der Waals surface area contributed by atoms with Crippen LogP contribution in [0.3, 0.4) is 0 Å². The second kappa shape index (κ2) is 6.22. The highest BCUT2D eigenvalue weighted by molar-refractivity contribution is 14.1. The molecule has 0 unspecified atom stereocenters. The van der Waals surface area contributed by atoms with Crippen molar-refractivity contribution >= 4 is 34.5 Å². The van der Waals surface area contributed by atoms with Gasteiger partial charge in [0.2, 0.25) is 0 Å². The zero-order chi connectivity index (χ0) is 16.9. The van der Waals surface area contributed by atoms with Gasteiger partial charge in [0.1, 0.15) is 0 Å². The van der Waals surface area contributed by atoms with Crippen molar-refractivity contribution in [3.05, 3.63) is 63.2 Å². The third kappa shape index (κ3) is 2.97. The molecule has 0 atom stereocenters. The summed E-state index contributed by atoms with van der Waals surface area (Å²) in [6, 6.07) is 17.6. The van der Waals surface area contributed by atoms with Gasteiger partial charge in [0.15, 0.2) is 0 Å². The second-order valence-corrected chi connectivity index (χ2v) is 9.69. The molecule has 0 spiro atoms. The molecule has 2 aromatic carbocycles. The van der Waals surface area contributed by atoms with Crippen LogP contribution in [0.25, 0.3) is 0 Å². The number of nitrogens with zero attached hydrogens (tertiary/aromatic N) is 1. The zero-order valence-electron chi connectivity index (χ0n) is 14.5. The topological polar surface area (TPSA) is 12.4 Å². The molecule has 0 saturated heterocycles. The molecule has 0 aromatic heterocycles. The fourth-order valence-electron chi connectivity index (χ4n) is 6.09. The van der Waals surface area contributed by atoms with E-state index in [4.69, 9.17) is 4.99 Å². The summed E-state index contributed by atoms with van der Waals surface area (Å²) in [5.74, 6) is 3.01. The number of benzene rings is 2. The molecule has 4 aliphatic rings. The van der Waals surface area contributed by atoms with Crippen LogP contribution < -0.4 is 0 Å². The standard InChI is InChI=1S/C23H24IN/c24-22-4-2-1-3-19(22)15-25-21-7-5-20(6-8-21)23-12-16-9-17(13-23)11-18(10-16)14-23/h1-8,15-18H,9-14H2. The number of hydrogen-bond donors (Lipinski definition) is 0. The van der Waals surface area contributed by atoms with Gasteiger partial charge in [-0.05, 0) is 108 Å². The summed E-state index contributed by atoms with van der Waals surface area (Å²) in [5, 5.41) is 0. The second-order valence-electron chi connectivity index (χ2n) is 8.52. The van der Waals surface area contributed by atoms with Crippen molar-refractivity contribution in [2.75, 3.05) is 0 Å². The summed E-state index contributed by atoms with van der Waals surface area (Å²) in [7, 11) is 0. The van der Waals surface area contributed by atoms with E-state index in [9.17, 15) is 0 Å². The highest BCUT2D eigenvalue weighted by atomic mass is 127. The molecule has 0 radical (unpaired) electrons. The van der Waals surface area contributed by atoms with Gasteiger partial charge in [0.05, 0.1) is 5.69 Å². The van der Waals surface area contributed by atoms with E-state index >= 15 is 0 Å². The molecule has 6 rings (SSSR count). The first kappa shape index (κ1) is 16.0. The van der Waals surface area contributed by atoms with Crippen LogP contribution >= 0.6 is 22.6 Å². The minimum Gasteiger partial charge on any atom is -0.256 e. The molecule has 2 heteroatoms. The molecule has 4 aliphatic carbocycles. The van der Waals surface area contributed by atoms with Crippen LogP contribution in [-0.2, 0) is 5.41 Å². The van der Waals surface area contributed by atoms with Crippen LogP contribution in [0, 0.1) is 21.3 Å². The van der Waals surface area contributed by atoms with Gasteiger partial charge in [0, 0.05) is 15.3 Å². The molecule has 25 heavy (non-hydrogen) atoms. The molecule has 1 nitrogen and oxygen atoms in total. The van der Waals surface area contributed by atoms with Gasteiger partial charge in [0.25, 0.3) is 0 Å². The van der Waals surface area contributed by atoms with Crippen LogP contribution in [0.1, 0.15) is 49.7 Å². The van der Waals surface area contributed by atoms with E-state index in [1.54, 1.807) is 5.56 Å². The maximum atomic E-state index is 4.69. The lowest BCUT2D eigenvalue weighted by Gasteiger charge is -2.57. The summed E-state index contributed by atoms with van der Waals surface area (Å²) < 4.78 is 1.24. The van der Waals surface area contributed by atoms with Gasteiger partial charge < -0.3 is 0 Å². The number of aliphatic imine (C=N–C) groups is 1. The number of halogens is 1. The smallest absolute Gasteiger partial charge is 0.0630 e. The summed E-state index contributed by atoms with van der Waals surface area (Å²) >= 11 is 2.37. The van der Waals surface area contributed by atoms with Crippen molar-refractivity contribution in [3.63, 3.8) is 0 Å². The van der Waals surface area contributed by atoms with Crippen molar-refractivity contribution in [1.29, 1.82) is 0 Å². The van der Waals surface area contributed by atoms with Crippen molar-refractivity contribution < 1.29 is 0 Å². The Balaban J connectivity index is 1.38. The Labute approximate surface area is 164 Å². The van der Waals surface area contributed by atoms with Gasteiger partial charge in [-0.2, -0.15) is 0 Å². The van der Waals surface area contributed by atoms with Crippen LogP contribution in [0.4, 0.5) is 5.69 Å². The minimum absolute atomic E-state index is 0.492. The average Bonchev–Trinajstić information content (AvgIpc) is 2.60. The Hall–Kier alpha value is -1.16. The molecule has 0 aliphatic heterocycles. The predicted octanol–water partition coefficient (Wildman–Crippen LogP) is 6.51. The summed E-state index contributed by atoms with van der Waals surface area (Å²) in [6.45, 7) is 0. The van der Waals surface area contributed by atoms with Crippen molar-refractivity contribution in [1.82, 2.24) is 0 Å². The SMILES string of the molecule is Ic1ccccc1C=Nc1ccc(C23CC4CC(CC(C4)C2)C3)cc1. The summed E-state index contributed by atoms with van der Waals surface area (Å²) in [6.07, 6.45) is 10.8. The first-order valence-electron chi connectivity index (χ1n) is 9.59. The van der Waals surface area contributed by atoms with E-state index in [1.165, 1.54) is 47.7 Å². The molecule has 0 N–H and O–H groups in total. The van der Waals surface area contributed by atoms with Gasteiger partial charge in [-0.1, -0.05) is 30.3 Å². The first-order valence-corrected chi connectivity index (χ1v) is 10.7. The van der Waals surface area contributed by atoms with E-state index in [2.05, 4.69) is 71.1 Å². The van der Waals surface area contributed by atoms with Crippen molar-refractivity contribution in [3.8, 4) is 0 Å². The van der Waals surface area contributed by atoms with E-state index in [1.807, 2.05) is 6.21 Å². The van der Waals surface area contributed by atoms with Crippen molar-refractivity contribution in [2.45, 2.75) is 43.9 Å². The average molecular weight is 441 g/mol. The van der Waals surface area contributed by atoms with Gasteiger partial charge >= 0.3 is 0 Å². The maximum absolute atomic E-state index is 4.69. The number of hydrogen-bond acceptors (Lipinski definition) is 1. The highest BCUT2D eigenvalue weighted by Gasteiger charge is 2.51. The highest BCUT2D eigenvalue weighted by Crippen LogP contribution is 2.60. The summed E-state index contributed by atoms with van der Waals surface area (Å²) in [5.41, 5.74) is 4.33. The van der Waals surface area contributed by atoms with Crippen molar-refractivity contribution in [2.24, 2.45) is 22.7 Å². The normalized spacial score (nSPS) is 33.2. The minimum atomic E-state index is 0.492. The predicted molar refractivity (Wildman–Crippen MR) is 113 cm³/mol. The Morgan fingerprint density at radius 1 is 0.840 bits per heavy atom. The quantitative estimate of drug-likeness (QED) is 0.380. The largest absolute Gasteiger partial charge is 0.256 e. The zero-order valence-corrected chi connectivity index (χ0v) is 16.7. The third-order valence-electron chi connectivity index (χ3n) is 6.78. The fourth-order valence-corrected chi connectivity index (χ4v) is 6.62. The molecule has 4 saturated carbocycles. The van der Waals surface area contributed by atoms with Crippen LogP contribution in [0.5, 0.6) is 0 Å². The first-order chi connectivity index (χ1) is 12.2. The molecular weight excluding hydrogens is 417 g/mol. The lowest BCUT2D eigenvalue weighted by molar-refractivity contribution is -0.00518. The molecule has 4 fully saturated rings. The fraction of sp³-hybridized carbons (Fsp3) is 0.435. The van der Waals surface area contributed by atoms with Crippen LogP contribution in [0.15, 0.2) is 53.5 Å². The lowest BCUT2D eigenvalue weighted by atomic mass is 9.48. The molecule has 0 amide bonds. The Morgan fingerprint density at radius 2 is 1.44 bits per heavy atom. The van der Waals surface area contributed by atoms with Crippen LogP contribution in [-0.4, -0.2) is 6.21 Å². The molecule has 4 bridgehead atoms. The van der Waals surface area contributed by atoms with E-state index < -0.39 is 0 Å². The maximum Gasteiger partial charge on any atom is 0.0630 e. The van der Waals surface area contributed by atoms with E-state index in [0.717, 1.165) is 23.4 Å². The molecule has 0 heterocycles. The van der Waals surface area contributed by atoms with Gasteiger partial charge in [-0.3, -0.25) is 4.99 Å². The van der Waals surface area contributed by atoms with Gasteiger partial charge in [-0.25, -0.2) is 0 Å². The Morgan fingerprint density at radius 3 is 2.04 bits per heavy atom. The monoisotopic (exact) mass is 441 g/mol. The number of rotatable bonds is 3. The van der Waals surface area contributed by atoms with Crippen LogP contribution in [0.2, 0.25) is 0 Å². The molecule has 128 valence electrons. The molecular formula is C23H24IN. The third-order valence-corrected chi connectivity index (χ3v) is 7.76. The Kier molecular flexibility index (Phi) is 3.99.